The van der Waals surface area contributed by atoms with Crippen molar-refractivity contribution in [3.63, 3.8) is 0 Å². The molecule has 1 aromatic heterocycles. The normalized spacial score (nSPS) is 15.6. The highest BCUT2D eigenvalue weighted by Gasteiger charge is 2.33. The molecule has 1 aliphatic heterocycles. The van der Waals surface area contributed by atoms with Gasteiger partial charge in [0.05, 0.1) is 12.7 Å². The van der Waals surface area contributed by atoms with Gasteiger partial charge in [0, 0.05) is 11.4 Å². The number of benzene rings is 2. The minimum absolute atomic E-state index is 0.193. The first kappa shape index (κ1) is 17.8. The second-order valence-electron chi connectivity index (χ2n) is 6.69. The number of methoxy groups -OCH3 is 1. The van der Waals surface area contributed by atoms with Gasteiger partial charge in [0.15, 0.2) is 0 Å². The van der Waals surface area contributed by atoms with Crippen LogP contribution in [0.15, 0.2) is 66.1 Å². The molecule has 28 heavy (non-hydrogen) atoms. The highest BCUT2D eigenvalue weighted by molar-refractivity contribution is 6.06. The molecule has 0 aliphatic carbocycles. The molecule has 142 valence electrons. The van der Waals surface area contributed by atoms with E-state index in [1.165, 1.54) is 6.33 Å². The summed E-state index contributed by atoms with van der Waals surface area (Å²) >= 11 is 0. The third-order valence-electron chi connectivity index (χ3n) is 4.78. The molecule has 1 atom stereocenters. The molecule has 2 N–H and O–H groups in total. The molecule has 1 aliphatic rings. The molecule has 0 radical (unpaired) electrons. The Labute approximate surface area is 163 Å². The van der Waals surface area contributed by atoms with Gasteiger partial charge in [0.25, 0.3) is 5.91 Å². The maximum Gasteiger partial charge on any atom is 0.255 e. The molecular formula is C21H21N5O2. The van der Waals surface area contributed by atoms with Gasteiger partial charge in [0.1, 0.15) is 18.1 Å². The van der Waals surface area contributed by atoms with E-state index in [-0.39, 0.29) is 11.9 Å². The summed E-state index contributed by atoms with van der Waals surface area (Å²) in [6.07, 6.45) is 1.49. The maximum atomic E-state index is 13.2. The number of fused-ring (bicyclic) bond motifs is 1. The molecule has 7 nitrogen and oxygen atoms in total. The summed E-state index contributed by atoms with van der Waals surface area (Å²) < 4.78 is 6.91. The van der Waals surface area contributed by atoms with Crippen molar-refractivity contribution in [2.24, 2.45) is 0 Å². The quantitative estimate of drug-likeness (QED) is 0.729. The number of hydrogen-bond donors (Lipinski definition) is 2. The number of ether oxygens (including phenoxy) is 1. The summed E-state index contributed by atoms with van der Waals surface area (Å²) in [4.78, 5) is 17.5. The number of rotatable bonds is 4. The Morgan fingerprint density at radius 2 is 1.82 bits per heavy atom. The zero-order chi connectivity index (χ0) is 19.7. The lowest BCUT2D eigenvalue weighted by atomic mass is 9.94. The fourth-order valence-corrected chi connectivity index (χ4v) is 3.31. The van der Waals surface area contributed by atoms with Gasteiger partial charge in [-0.05, 0) is 43.7 Å². The molecule has 0 bridgehead atoms. The summed E-state index contributed by atoms with van der Waals surface area (Å²) in [6, 6.07) is 15.0. The number of carbonyl (C=O) groups is 1. The Morgan fingerprint density at radius 1 is 1.11 bits per heavy atom. The van der Waals surface area contributed by atoms with Crippen LogP contribution in [0.3, 0.4) is 0 Å². The lowest BCUT2D eigenvalue weighted by Gasteiger charge is -2.28. The molecule has 0 saturated carbocycles. The van der Waals surface area contributed by atoms with Crippen molar-refractivity contribution in [3.8, 4) is 5.75 Å². The van der Waals surface area contributed by atoms with Gasteiger partial charge < -0.3 is 15.4 Å². The van der Waals surface area contributed by atoms with Crippen molar-refractivity contribution in [2.45, 2.75) is 19.9 Å². The van der Waals surface area contributed by atoms with E-state index in [0.717, 1.165) is 22.6 Å². The van der Waals surface area contributed by atoms with Crippen molar-refractivity contribution in [2.75, 3.05) is 17.7 Å². The zero-order valence-corrected chi connectivity index (χ0v) is 15.9. The first-order valence-electron chi connectivity index (χ1n) is 8.96. The molecule has 7 heteroatoms. The predicted molar refractivity (Wildman–Crippen MR) is 107 cm³/mol. The Hall–Kier alpha value is -3.61. The lowest BCUT2D eigenvalue weighted by Crippen LogP contribution is -2.31. The number of anilines is 2. The Kier molecular flexibility index (Phi) is 4.57. The van der Waals surface area contributed by atoms with Crippen LogP contribution < -0.4 is 15.4 Å². The number of nitrogens with zero attached hydrogens (tertiary/aromatic N) is 3. The van der Waals surface area contributed by atoms with Crippen LogP contribution >= 0.6 is 0 Å². The number of aromatic nitrogens is 3. The number of allylic oxidation sites excluding steroid dienone is 1. The van der Waals surface area contributed by atoms with Crippen LogP contribution in [-0.2, 0) is 4.79 Å². The topological polar surface area (TPSA) is 81.1 Å². The predicted octanol–water partition coefficient (Wildman–Crippen LogP) is 3.52. The van der Waals surface area contributed by atoms with E-state index in [4.69, 9.17) is 4.74 Å². The summed E-state index contributed by atoms with van der Waals surface area (Å²) in [5.74, 6) is 1.16. The Bertz CT molecular complexity index is 1040. The molecule has 0 fully saturated rings. The molecule has 2 heterocycles. The summed E-state index contributed by atoms with van der Waals surface area (Å²) in [6.45, 7) is 3.91. The van der Waals surface area contributed by atoms with Crippen molar-refractivity contribution < 1.29 is 9.53 Å². The molecule has 2 aromatic carbocycles. The second-order valence-corrected chi connectivity index (χ2v) is 6.69. The largest absolute Gasteiger partial charge is 0.497 e. The van der Waals surface area contributed by atoms with Crippen LogP contribution in [0.2, 0.25) is 0 Å². The van der Waals surface area contributed by atoms with Gasteiger partial charge in [-0.15, -0.1) is 0 Å². The number of nitrogens with one attached hydrogen (secondary N) is 2. The van der Waals surface area contributed by atoms with Gasteiger partial charge in [0.2, 0.25) is 5.95 Å². The van der Waals surface area contributed by atoms with Crippen LogP contribution in [0.1, 0.15) is 24.1 Å². The van der Waals surface area contributed by atoms with E-state index in [1.54, 1.807) is 11.8 Å². The highest BCUT2D eigenvalue weighted by atomic mass is 16.5. The van der Waals surface area contributed by atoms with E-state index in [2.05, 4.69) is 20.7 Å². The third-order valence-corrected chi connectivity index (χ3v) is 4.78. The number of amides is 1. The minimum atomic E-state index is -0.363. The smallest absolute Gasteiger partial charge is 0.255 e. The van der Waals surface area contributed by atoms with Crippen LogP contribution in [0, 0.1) is 6.92 Å². The second kappa shape index (κ2) is 7.19. The van der Waals surface area contributed by atoms with Crippen molar-refractivity contribution >= 4 is 17.5 Å². The van der Waals surface area contributed by atoms with Crippen molar-refractivity contribution in [1.29, 1.82) is 0 Å². The molecule has 3 aromatic rings. The van der Waals surface area contributed by atoms with Crippen LogP contribution in [0.5, 0.6) is 5.75 Å². The molecular weight excluding hydrogens is 354 g/mol. The fraction of sp³-hybridized carbons (Fsp3) is 0.190. The maximum absolute atomic E-state index is 13.2. The van der Waals surface area contributed by atoms with Gasteiger partial charge in [-0.2, -0.15) is 10.1 Å². The van der Waals surface area contributed by atoms with Gasteiger partial charge >= 0.3 is 0 Å². The number of aryl methyl sites for hydroxylation is 1. The average Bonchev–Trinajstić information content (AvgIpc) is 3.16. The molecule has 4 rings (SSSR count). The lowest BCUT2D eigenvalue weighted by molar-refractivity contribution is -0.113. The van der Waals surface area contributed by atoms with Crippen molar-refractivity contribution in [1.82, 2.24) is 14.8 Å². The van der Waals surface area contributed by atoms with E-state index in [1.807, 2.05) is 62.4 Å². The summed E-state index contributed by atoms with van der Waals surface area (Å²) in [5.41, 5.74) is 4.16. The van der Waals surface area contributed by atoms with E-state index in [0.29, 0.717) is 17.2 Å². The first-order valence-corrected chi connectivity index (χ1v) is 8.96. The Balaban J connectivity index is 1.71. The van der Waals surface area contributed by atoms with Gasteiger partial charge in [-0.3, -0.25) is 4.79 Å². The monoisotopic (exact) mass is 375 g/mol. The van der Waals surface area contributed by atoms with Crippen LogP contribution in [-0.4, -0.2) is 27.8 Å². The standard InChI is InChI=1S/C21H21N5O2/c1-13-4-6-15(7-5-13)19-18(14(2)24-21-22-12-23-26(19)21)20(27)25-16-8-10-17(28-3)11-9-16/h4-12,19H,1-3H3,(H,25,27)(H,22,23,24). The average molecular weight is 375 g/mol. The molecule has 0 saturated heterocycles. The SMILES string of the molecule is COc1ccc(NC(=O)C2=C(C)Nc3ncnn3C2c2ccc(C)cc2)cc1. The zero-order valence-electron chi connectivity index (χ0n) is 15.9. The van der Waals surface area contributed by atoms with Crippen LogP contribution in [0.4, 0.5) is 11.6 Å². The Morgan fingerprint density at radius 3 is 2.50 bits per heavy atom. The molecule has 1 unspecified atom stereocenters. The summed E-state index contributed by atoms with van der Waals surface area (Å²) in [5, 5.41) is 10.5. The first-order chi connectivity index (χ1) is 13.6. The van der Waals surface area contributed by atoms with E-state index in [9.17, 15) is 4.79 Å². The minimum Gasteiger partial charge on any atom is -0.497 e. The van der Waals surface area contributed by atoms with E-state index >= 15 is 0 Å². The van der Waals surface area contributed by atoms with Crippen LogP contribution in [0.25, 0.3) is 0 Å². The van der Waals surface area contributed by atoms with Crippen molar-refractivity contribution in [3.05, 3.63) is 77.3 Å². The van der Waals surface area contributed by atoms with Gasteiger partial charge in [-0.1, -0.05) is 29.8 Å². The number of hydrogen-bond acceptors (Lipinski definition) is 5. The molecule has 1 amide bonds. The third kappa shape index (κ3) is 3.22. The fourth-order valence-electron chi connectivity index (χ4n) is 3.31. The summed E-state index contributed by atoms with van der Waals surface area (Å²) in [7, 11) is 1.61. The number of carbonyl (C=O) groups excluding carboxylic acids is 1. The van der Waals surface area contributed by atoms with Gasteiger partial charge in [-0.25, -0.2) is 4.68 Å². The highest BCUT2D eigenvalue weighted by Crippen LogP contribution is 2.35. The van der Waals surface area contributed by atoms with E-state index < -0.39 is 0 Å². The molecule has 0 spiro atoms.